The molecule has 0 spiro atoms. The van der Waals surface area contributed by atoms with Crippen molar-refractivity contribution in [3.05, 3.63) is 18.0 Å². The molecular weight excluding hydrogens is 228 g/mol. The maximum atomic E-state index is 11.1. The van der Waals surface area contributed by atoms with Gasteiger partial charge in [-0.1, -0.05) is 0 Å². The fourth-order valence-electron chi connectivity index (χ4n) is 1.10. The first kappa shape index (κ1) is 13.0. The number of carbonyl (C=O) groups is 2. The van der Waals surface area contributed by atoms with E-state index in [1.165, 1.54) is 0 Å². The van der Waals surface area contributed by atoms with E-state index in [1.54, 1.807) is 4.68 Å². The average molecular weight is 242 g/mol. The fraction of sp³-hybridized carbons (Fsp3) is 0.444. The van der Waals surface area contributed by atoms with Gasteiger partial charge in [-0.05, 0) is 6.07 Å². The highest BCUT2D eigenvalue weighted by molar-refractivity contribution is 5.73. The first-order chi connectivity index (χ1) is 8.08. The lowest BCUT2D eigenvalue weighted by molar-refractivity contribution is -0.144. The van der Waals surface area contributed by atoms with Gasteiger partial charge >= 0.3 is 12.0 Å². The number of rotatable bonds is 6. The molecule has 0 aromatic carbocycles. The Balaban J connectivity index is 2.10. The van der Waals surface area contributed by atoms with Crippen LogP contribution in [0, 0.1) is 0 Å². The van der Waals surface area contributed by atoms with Crippen LogP contribution in [0.3, 0.4) is 0 Å². The van der Waals surface area contributed by atoms with Crippen LogP contribution < -0.4 is 10.8 Å². The molecule has 3 N–H and O–H groups in total. The van der Waals surface area contributed by atoms with Crippen molar-refractivity contribution >= 4 is 12.0 Å². The third-order valence-corrected chi connectivity index (χ3v) is 1.80. The van der Waals surface area contributed by atoms with Gasteiger partial charge in [0.1, 0.15) is 0 Å². The summed E-state index contributed by atoms with van der Waals surface area (Å²) in [5.74, 6) is -1.15. The number of hydrogen-bond acceptors (Lipinski definition) is 4. The minimum Gasteiger partial charge on any atom is -0.479 e. The van der Waals surface area contributed by atoms with E-state index in [-0.39, 0.29) is 0 Å². The summed E-state index contributed by atoms with van der Waals surface area (Å²) < 4.78 is 1.67. The highest BCUT2D eigenvalue weighted by Crippen LogP contribution is 1.93. The second kappa shape index (κ2) is 6.48. The van der Waals surface area contributed by atoms with E-state index in [0.29, 0.717) is 13.0 Å². The van der Waals surface area contributed by atoms with Crippen molar-refractivity contribution < 1.29 is 19.5 Å². The molecule has 8 heteroatoms. The van der Waals surface area contributed by atoms with Crippen molar-refractivity contribution in [2.75, 3.05) is 13.2 Å². The van der Waals surface area contributed by atoms with E-state index >= 15 is 0 Å². The highest BCUT2D eigenvalue weighted by Gasteiger charge is 2.02. The van der Waals surface area contributed by atoms with E-state index in [4.69, 9.17) is 5.11 Å². The molecule has 0 unspecified atom stereocenters. The zero-order chi connectivity index (χ0) is 12.7. The Morgan fingerprint density at radius 1 is 1.59 bits per heavy atom. The molecule has 0 saturated carbocycles. The van der Waals surface area contributed by atoms with E-state index in [0.717, 1.165) is 5.69 Å². The van der Waals surface area contributed by atoms with Crippen LogP contribution in [0.2, 0.25) is 0 Å². The average Bonchev–Trinajstić information content (AvgIpc) is 2.63. The number of aromatic nitrogens is 2. The molecule has 0 fully saturated rings. The molecule has 0 bridgehead atoms. The number of urea groups is 1. The third kappa shape index (κ3) is 5.52. The molecule has 17 heavy (non-hydrogen) atoms. The summed E-state index contributed by atoms with van der Waals surface area (Å²) in [6.45, 7) is -0.188. The van der Waals surface area contributed by atoms with Crippen LogP contribution >= 0.6 is 0 Å². The predicted molar refractivity (Wildman–Crippen MR) is 57.0 cm³/mol. The summed E-state index contributed by atoms with van der Waals surface area (Å²) in [6.07, 6.45) is 2.40. The molecule has 0 aliphatic rings. The largest absolute Gasteiger partial charge is 0.479 e. The standard InChI is InChI=1S/C9H14N4O4/c1-13-5-3-7(11-13)2-4-10-9(16)12-17-6-8(14)15/h3,5H,2,4,6H2,1H3,(H,14,15)(H2,10,12,16). The SMILES string of the molecule is Cn1ccc(CCNC(=O)NOCC(=O)O)n1. The monoisotopic (exact) mass is 242 g/mol. The summed E-state index contributed by atoms with van der Waals surface area (Å²) in [5, 5.41) is 14.9. The number of hydroxylamine groups is 1. The zero-order valence-corrected chi connectivity index (χ0v) is 9.34. The van der Waals surface area contributed by atoms with Crippen molar-refractivity contribution in [1.29, 1.82) is 0 Å². The van der Waals surface area contributed by atoms with E-state index in [1.807, 2.05) is 24.8 Å². The number of carboxylic acid groups (broad SMARTS) is 1. The smallest absolute Gasteiger partial charge is 0.338 e. The Hall–Kier alpha value is -2.09. The lowest BCUT2D eigenvalue weighted by Gasteiger charge is -2.05. The Bertz CT molecular complexity index is 390. The number of amides is 2. The summed E-state index contributed by atoms with van der Waals surface area (Å²) in [5.41, 5.74) is 2.81. The number of aliphatic carboxylic acids is 1. The van der Waals surface area contributed by atoms with Crippen LogP contribution in [0.25, 0.3) is 0 Å². The second-order valence-corrected chi connectivity index (χ2v) is 3.27. The summed E-state index contributed by atoms with van der Waals surface area (Å²) in [6, 6.07) is 1.27. The summed E-state index contributed by atoms with van der Waals surface area (Å²) in [7, 11) is 1.81. The van der Waals surface area contributed by atoms with Gasteiger partial charge in [-0.25, -0.2) is 15.1 Å². The maximum absolute atomic E-state index is 11.1. The molecule has 0 saturated heterocycles. The van der Waals surface area contributed by atoms with Crippen molar-refractivity contribution in [1.82, 2.24) is 20.6 Å². The van der Waals surface area contributed by atoms with Crippen molar-refractivity contribution in [3.63, 3.8) is 0 Å². The van der Waals surface area contributed by atoms with Gasteiger partial charge in [-0.15, -0.1) is 0 Å². The number of hydrogen-bond donors (Lipinski definition) is 3. The predicted octanol–water partition coefficient (Wildman–Crippen LogP) is -0.722. The van der Waals surface area contributed by atoms with Gasteiger partial charge in [0.15, 0.2) is 6.61 Å². The molecule has 1 aromatic rings. The van der Waals surface area contributed by atoms with Gasteiger partial charge in [-0.2, -0.15) is 5.10 Å². The van der Waals surface area contributed by atoms with E-state index in [9.17, 15) is 9.59 Å². The van der Waals surface area contributed by atoms with Crippen LogP contribution in [0.5, 0.6) is 0 Å². The number of nitrogens with zero attached hydrogens (tertiary/aromatic N) is 2. The lowest BCUT2D eigenvalue weighted by Crippen LogP contribution is -2.37. The molecule has 0 aliphatic carbocycles. The van der Waals surface area contributed by atoms with Gasteiger partial charge in [0.25, 0.3) is 0 Å². The van der Waals surface area contributed by atoms with E-state index < -0.39 is 18.6 Å². The molecule has 1 aromatic heterocycles. The Morgan fingerprint density at radius 2 is 2.35 bits per heavy atom. The van der Waals surface area contributed by atoms with E-state index in [2.05, 4.69) is 15.3 Å². The van der Waals surface area contributed by atoms with Crippen molar-refractivity contribution in [2.24, 2.45) is 7.05 Å². The number of carbonyl (C=O) groups excluding carboxylic acids is 1. The highest BCUT2D eigenvalue weighted by atomic mass is 16.7. The van der Waals surface area contributed by atoms with Crippen LogP contribution in [0.1, 0.15) is 5.69 Å². The quantitative estimate of drug-likeness (QED) is 0.571. The van der Waals surface area contributed by atoms with Crippen LogP contribution in [-0.4, -0.2) is 40.0 Å². The van der Waals surface area contributed by atoms with Gasteiger partial charge in [0, 0.05) is 26.2 Å². The molecule has 0 radical (unpaired) electrons. The molecule has 1 rings (SSSR count). The number of carboxylic acids is 1. The number of aryl methyl sites for hydroxylation is 1. The first-order valence-corrected chi connectivity index (χ1v) is 4.94. The molecule has 8 nitrogen and oxygen atoms in total. The zero-order valence-electron chi connectivity index (χ0n) is 9.34. The number of nitrogens with one attached hydrogen (secondary N) is 2. The second-order valence-electron chi connectivity index (χ2n) is 3.27. The van der Waals surface area contributed by atoms with Gasteiger partial charge < -0.3 is 10.4 Å². The summed E-state index contributed by atoms with van der Waals surface area (Å²) >= 11 is 0. The molecule has 94 valence electrons. The first-order valence-electron chi connectivity index (χ1n) is 4.94. The molecule has 1 heterocycles. The minimum atomic E-state index is -1.15. The van der Waals surface area contributed by atoms with Crippen LogP contribution in [0.4, 0.5) is 4.79 Å². The topological polar surface area (TPSA) is 105 Å². The van der Waals surface area contributed by atoms with Crippen LogP contribution in [0.15, 0.2) is 12.3 Å². The third-order valence-electron chi connectivity index (χ3n) is 1.80. The molecule has 0 atom stereocenters. The van der Waals surface area contributed by atoms with Crippen LogP contribution in [-0.2, 0) is 23.1 Å². The van der Waals surface area contributed by atoms with Gasteiger partial charge in [0.2, 0.25) is 0 Å². The summed E-state index contributed by atoms with van der Waals surface area (Å²) in [4.78, 5) is 25.5. The normalized spacial score (nSPS) is 9.94. The molecular formula is C9H14N4O4. The lowest BCUT2D eigenvalue weighted by atomic mass is 10.3. The van der Waals surface area contributed by atoms with Gasteiger partial charge in [0.05, 0.1) is 5.69 Å². The Kier molecular flexibility index (Phi) is 4.95. The Labute approximate surface area is 97.5 Å². The Morgan fingerprint density at radius 3 is 2.94 bits per heavy atom. The molecule has 0 aliphatic heterocycles. The fourth-order valence-corrected chi connectivity index (χ4v) is 1.10. The molecule has 2 amide bonds. The van der Waals surface area contributed by atoms with Crippen molar-refractivity contribution in [3.8, 4) is 0 Å². The van der Waals surface area contributed by atoms with Gasteiger partial charge in [-0.3, -0.25) is 9.52 Å². The minimum absolute atomic E-state index is 0.388. The van der Waals surface area contributed by atoms with Crippen molar-refractivity contribution in [2.45, 2.75) is 6.42 Å². The maximum Gasteiger partial charge on any atom is 0.338 e.